The van der Waals surface area contributed by atoms with E-state index in [2.05, 4.69) is 216 Å². The molecule has 6 heterocycles. The zero-order chi connectivity index (χ0) is 104. The number of hydrazine groups is 6. The molecule has 9 unspecified atom stereocenters. The van der Waals surface area contributed by atoms with Crippen LogP contribution in [0.5, 0.6) is 0 Å². The zero-order valence-corrected chi connectivity index (χ0v) is 97.7. The number of unbranched alkanes of at least 4 members (excludes halogenated alkanes) is 39. The third-order valence-electron chi connectivity index (χ3n) is 30.6. The van der Waals surface area contributed by atoms with Crippen molar-refractivity contribution in [3.63, 3.8) is 0 Å². The molecule has 9 N–H and O–H groups in total. The highest BCUT2D eigenvalue weighted by atomic mass is 16.3. The molecular formula is C117H252N18O6. The van der Waals surface area contributed by atoms with Crippen molar-refractivity contribution in [3.8, 4) is 0 Å². The number of aliphatic hydroxyl groups excluding tert-OH is 6. The van der Waals surface area contributed by atoms with Crippen molar-refractivity contribution in [1.29, 1.82) is 0 Å². The first-order chi connectivity index (χ1) is 68.3. The summed E-state index contributed by atoms with van der Waals surface area (Å²) in [6, 6.07) is 0. The van der Waals surface area contributed by atoms with E-state index in [1.165, 1.54) is 295 Å². The molecule has 0 amide bonds. The quantitative estimate of drug-likeness (QED) is 0.0260. The molecule has 0 saturated carbocycles. The van der Waals surface area contributed by atoms with Crippen LogP contribution in [-0.2, 0) is 0 Å². The van der Waals surface area contributed by atoms with Crippen molar-refractivity contribution >= 4 is 0 Å². The third kappa shape index (κ3) is 84.3. The van der Waals surface area contributed by atoms with Gasteiger partial charge in [0.05, 0.1) is 36.6 Å². The summed E-state index contributed by atoms with van der Waals surface area (Å²) in [4.78, 5) is 14.2. The van der Waals surface area contributed by atoms with Gasteiger partial charge in [0.2, 0.25) is 0 Å². The molecule has 6 fully saturated rings. The van der Waals surface area contributed by atoms with Crippen molar-refractivity contribution in [3.05, 3.63) is 0 Å². The van der Waals surface area contributed by atoms with Gasteiger partial charge in [-0.05, 0) is 118 Å². The Kier molecular flexibility index (Phi) is 96.4. The number of hydrogen-bond donors (Lipinski definition) is 9. The van der Waals surface area contributed by atoms with E-state index >= 15 is 0 Å². The molecule has 0 aromatic rings. The van der Waals surface area contributed by atoms with E-state index < -0.39 is 0 Å². The van der Waals surface area contributed by atoms with Crippen LogP contribution in [0.4, 0.5) is 0 Å². The maximum Gasteiger partial charge on any atom is 0.0681 e. The minimum absolute atomic E-state index is 0.182. The summed E-state index contributed by atoms with van der Waals surface area (Å²) < 4.78 is 0. The van der Waals surface area contributed by atoms with Gasteiger partial charge in [-0.15, -0.1) is 0 Å². The fourth-order valence-corrected chi connectivity index (χ4v) is 20.1. The average molecular weight is 2010 g/mol. The Morgan fingerprint density at radius 2 is 0.326 bits per heavy atom. The molecule has 9 atom stereocenters. The smallest absolute Gasteiger partial charge is 0.0681 e. The van der Waals surface area contributed by atoms with E-state index in [1.54, 1.807) is 0 Å². The highest BCUT2D eigenvalue weighted by Gasteiger charge is 2.29. The summed E-state index contributed by atoms with van der Waals surface area (Å²) in [6.45, 7) is 61.8. The van der Waals surface area contributed by atoms with Gasteiger partial charge in [-0.25, -0.2) is 45.1 Å². The molecular weight excluding hydrogens is 1750 g/mol. The maximum absolute atomic E-state index is 10.8. The SMILES string of the molecule is CCCCC(O)CNN1CCN(C)CC1.CCCCCCC(C)CN(CC(O)CCCCCC)N1CCN(C)CC1.CCCCCCC(O)CNN1CCN(C)CC1.CCCCCCCCC(C)CN(CC(O)CCCCCCCC)N1CCN(C)CC1.CCCCCCCCC(O)CNN1CCN(C)CC1.CCCCCCCCCCC(C)CN(CC(O)CCCCCCCCCC)N1CCN(C)CC1. The summed E-state index contributed by atoms with van der Waals surface area (Å²) >= 11 is 0. The second-order valence-corrected chi connectivity index (χ2v) is 45.5. The van der Waals surface area contributed by atoms with Crippen LogP contribution >= 0.6 is 0 Å². The summed E-state index contributed by atoms with van der Waals surface area (Å²) in [6.07, 6.45) is 71.9. The van der Waals surface area contributed by atoms with E-state index in [4.69, 9.17) is 0 Å². The van der Waals surface area contributed by atoms with Gasteiger partial charge in [-0.1, -0.05) is 391 Å². The minimum atomic E-state index is -0.190. The lowest BCUT2D eigenvalue weighted by Crippen LogP contribution is -2.55. The lowest BCUT2D eigenvalue weighted by atomic mass is 10.0. The summed E-state index contributed by atoms with van der Waals surface area (Å²) in [5.74, 6) is 2.12. The number of hydrogen-bond acceptors (Lipinski definition) is 24. The first-order valence-corrected chi connectivity index (χ1v) is 61.5. The molecule has 6 aliphatic heterocycles. The minimum Gasteiger partial charge on any atom is -0.392 e. The van der Waals surface area contributed by atoms with Crippen LogP contribution < -0.4 is 16.3 Å². The lowest BCUT2D eigenvalue weighted by molar-refractivity contribution is -0.0840. The van der Waals surface area contributed by atoms with Gasteiger partial charge in [0, 0.05) is 216 Å². The molecule has 0 aromatic carbocycles. The Bertz CT molecular complexity index is 2420. The van der Waals surface area contributed by atoms with Gasteiger partial charge in [-0.2, -0.15) is 0 Å². The Labute approximate surface area is 878 Å². The van der Waals surface area contributed by atoms with Crippen LogP contribution in [0.1, 0.15) is 449 Å². The highest BCUT2D eigenvalue weighted by molar-refractivity contribution is 4.80. The van der Waals surface area contributed by atoms with Crippen molar-refractivity contribution in [2.45, 2.75) is 486 Å². The monoisotopic (exact) mass is 2010 g/mol. The second-order valence-electron chi connectivity index (χ2n) is 45.5. The standard InChI is InChI=1S/C30H63N3O.C26H55N3O.C22H47N3O.C15H33N3O.C13H29N3O.C11H25N3O/c1-5-7-9-11-13-15-17-19-21-29(3)27-33(32-25-23-31(4)24-26-32)28-30(34)22-20-18-16-14-12-10-8-6-2;1-5-7-9-11-13-15-17-25(3)23-29(28-21-19-27(4)20-22-28)24-26(30)18-16-14-12-10-8-6-2;1-5-7-9-11-13-21(3)19-25(24-17-15-23(4)16-18-24)20-22(26)14-12-10-8-6-2;1-3-4-5-6-7-8-9-15(19)14-16-18-12-10-17(2)11-13-18;1-3-4-5-6-7-13(17)12-14-16-10-8-15(2)9-11-16;1-3-4-5-11(15)10-12-14-8-6-13(2)7-9-14/h29-30,34H,5-28H2,1-4H3;25-26,30H,5-24H2,1-4H3;21-22,26H,5-20H2,1-4H3;15-16,19H,3-14H2,1-2H3;13-14,17H,3-12H2,1-2H3;11-12,15H,3-10H2,1-2H3. The van der Waals surface area contributed by atoms with E-state index in [1.807, 2.05) is 0 Å². The van der Waals surface area contributed by atoms with Gasteiger partial charge in [0.25, 0.3) is 0 Å². The van der Waals surface area contributed by atoms with Gasteiger partial charge < -0.3 is 60.0 Å². The largest absolute Gasteiger partial charge is 0.392 e. The van der Waals surface area contributed by atoms with Gasteiger partial charge >= 0.3 is 0 Å². The Morgan fingerprint density at radius 3 is 0.518 bits per heavy atom. The Hall–Kier alpha value is -0.960. The van der Waals surface area contributed by atoms with Crippen molar-refractivity contribution in [1.82, 2.24) is 90.8 Å². The summed E-state index contributed by atoms with van der Waals surface area (Å²) in [7, 11) is 13.1. The van der Waals surface area contributed by atoms with E-state index in [0.717, 1.165) is 267 Å². The fraction of sp³-hybridized carbons (Fsp3) is 1.00. The first kappa shape index (κ1) is 138. The van der Waals surface area contributed by atoms with Crippen LogP contribution in [0, 0.1) is 17.8 Å². The van der Waals surface area contributed by atoms with Crippen molar-refractivity contribution in [2.24, 2.45) is 17.8 Å². The Balaban J connectivity index is 0.000000864. The average Bonchev–Trinajstić information content (AvgIpc) is 0.872. The molecule has 0 spiro atoms. The number of likely N-dealkylation sites (N-methyl/N-ethyl adjacent to an activating group) is 6. The number of aliphatic hydroxyl groups is 6. The molecule has 6 rings (SSSR count). The molecule has 0 radical (unpaired) electrons. The molecule has 0 aromatic heterocycles. The van der Waals surface area contributed by atoms with Crippen LogP contribution in [0.2, 0.25) is 0 Å². The number of piperazine rings is 6. The maximum atomic E-state index is 10.8. The van der Waals surface area contributed by atoms with Gasteiger partial charge in [0.1, 0.15) is 0 Å². The summed E-state index contributed by atoms with van der Waals surface area (Å²) in [5.41, 5.74) is 10.0. The number of nitrogens with one attached hydrogen (secondary N) is 3. The lowest BCUT2D eigenvalue weighted by Gasteiger charge is -2.42. The number of rotatable bonds is 81. The zero-order valence-electron chi connectivity index (χ0n) is 97.7. The highest BCUT2D eigenvalue weighted by Crippen LogP contribution is 2.24. The molecule has 141 heavy (non-hydrogen) atoms. The predicted molar refractivity (Wildman–Crippen MR) is 611 cm³/mol. The van der Waals surface area contributed by atoms with Crippen LogP contribution in [0.15, 0.2) is 0 Å². The molecule has 6 aliphatic rings. The van der Waals surface area contributed by atoms with Gasteiger partial charge in [0.15, 0.2) is 0 Å². The fourth-order valence-electron chi connectivity index (χ4n) is 20.1. The molecule has 0 aliphatic carbocycles. The van der Waals surface area contributed by atoms with Gasteiger partial charge in [-0.3, -0.25) is 16.3 Å². The number of nitrogens with zero attached hydrogens (tertiary/aromatic N) is 15. The molecule has 24 nitrogen and oxygen atoms in total. The van der Waals surface area contributed by atoms with Crippen LogP contribution in [-0.4, -0.2) is 400 Å². The molecule has 0 bridgehead atoms. The normalized spacial score (nSPS) is 19.1. The molecule has 846 valence electrons. The van der Waals surface area contributed by atoms with E-state index in [9.17, 15) is 30.6 Å². The van der Waals surface area contributed by atoms with Crippen LogP contribution in [0.3, 0.4) is 0 Å². The molecule has 6 saturated heterocycles. The van der Waals surface area contributed by atoms with E-state index in [-0.39, 0.29) is 36.6 Å². The van der Waals surface area contributed by atoms with Crippen molar-refractivity contribution in [2.75, 3.05) is 258 Å². The first-order valence-electron chi connectivity index (χ1n) is 61.5. The Morgan fingerprint density at radius 1 is 0.177 bits per heavy atom. The van der Waals surface area contributed by atoms with Crippen molar-refractivity contribution < 1.29 is 30.6 Å². The molecule has 24 heteroatoms. The predicted octanol–water partition coefficient (Wildman–Crippen LogP) is 21.1. The van der Waals surface area contributed by atoms with E-state index in [0.29, 0.717) is 37.4 Å². The third-order valence-corrected chi connectivity index (χ3v) is 30.6. The second kappa shape index (κ2) is 98.5. The van der Waals surface area contributed by atoms with Crippen LogP contribution in [0.25, 0.3) is 0 Å². The summed E-state index contributed by atoms with van der Waals surface area (Å²) in [5, 5.41) is 83.4. The topological polar surface area (TPSA) is 206 Å².